The molecule has 1 N–H and O–H groups in total. The number of sulfonamides is 1. The molecule has 0 saturated heterocycles. The molecule has 0 aliphatic rings. The monoisotopic (exact) mass is 412 g/mol. The zero-order chi connectivity index (χ0) is 20.2. The molecule has 2 rings (SSSR count). The smallest absolute Gasteiger partial charge is 0.243 e. The molecule has 0 fully saturated rings. The maximum Gasteiger partial charge on any atom is 0.243 e. The number of halogens is 1. The minimum absolute atomic E-state index is 0.0867. The van der Waals surface area contributed by atoms with Crippen LogP contribution in [0.4, 0.5) is 5.69 Å². The number of nitrogens with zero attached hydrogens (tertiary/aromatic N) is 1. The molecule has 0 unspecified atom stereocenters. The highest BCUT2D eigenvalue weighted by molar-refractivity contribution is 7.89. The van der Waals surface area contributed by atoms with Crippen LogP contribution in [0, 0.1) is 6.92 Å². The third-order valence-electron chi connectivity index (χ3n) is 3.88. The number of aryl methyl sites for hydroxylation is 1. The van der Waals surface area contributed by atoms with E-state index in [4.69, 9.17) is 21.1 Å². The lowest BCUT2D eigenvalue weighted by Gasteiger charge is -2.18. The number of carbonyl (C=O) groups excluding carboxylic acids is 1. The fourth-order valence-electron chi connectivity index (χ4n) is 2.42. The molecule has 27 heavy (non-hydrogen) atoms. The number of nitrogens with one attached hydrogen (secondary N) is 1. The largest absolute Gasteiger partial charge is 0.496 e. The molecule has 0 heterocycles. The van der Waals surface area contributed by atoms with Gasteiger partial charge in [0.15, 0.2) is 0 Å². The summed E-state index contributed by atoms with van der Waals surface area (Å²) in [4.78, 5) is 12.3. The van der Waals surface area contributed by atoms with Crippen molar-refractivity contribution in [2.75, 3.05) is 33.1 Å². The highest BCUT2D eigenvalue weighted by Gasteiger charge is 2.23. The number of likely N-dealkylation sites (N-methyl/N-ethyl adjacent to an activating group) is 1. The van der Waals surface area contributed by atoms with Crippen LogP contribution in [0.3, 0.4) is 0 Å². The second-order valence-electron chi connectivity index (χ2n) is 5.79. The van der Waals surface area contributed by atoms with Gasteiger partial charge in [-0.3, -0.25) is 4.79 Å². The fourth-order valence-corrected chi connectivity index (χ4v) is 3.89. The Morgan fingerprint density at radius 3 is 2.30 bits per heavy atom. The molecule has 7 nitrogen and oxygen atoms in total. The third kappa shape index (κ3) is 4.91. The van der Waals surface area contributed by atoms with Crippen LogP contribution < -0.4 is 14.8 Å². The predicted molar refractivity (Wildman–Crippen MR) is 104 cm³/mol. The van der Waals surface area contributed by atoms with E-state index in [2.05, 4.69) is 5.32 Å². The molecule has 1 amide bonds. The van der Waals surface area contributed by atoms with Gasteiger partial charge < -0.3 is 14.8 Å². The van der Waals surface area contributed by atoms with E-state index in [0.717, 1.165) is 4.31 Å². The topological polar surface area (TPSA) is 84.9 Å². The molecule has 0 radical (unpaired) electrons. The molecule has 0 aliphatic carbocycles. The van der Waals surface area contributed by atoms with Crippen LogP contribution in [0.2, 0.25) is 5.02 Å². The Hall–Kier alpha value is -2.29. The van der Waals surface area contributed by atoms with Crippen molar-refractivity contribution in [2.24, 2.45) is 0 Å². The van der Waals surface area contributed by atoms with Crippen molar-refractivity contribution in [1.29, 1.82) is 0 Å². The average Bonchev–Trinajstić information content (AvgIpc) is 2.61. The Labute approximate surface area is 163 Å². The SMILES string of the molecule is COc1ccc(S(=O)(=O)N(C)CC(=O)Nc2ccc(OC)c(Cl)c2)cc1C. The number of amides is 1. The van der Waals surface area contributed by atoms with Crippen molar-refractivity contribution < 1.29 is 22.7 Å². The summed E-state index contributed by atoms with van der Waals surface area (Å²) < 4.78 is 36.5. The van der Waals surface area contributed by atoms with Crippen molar-refractivity contribution in [1.82, 2.24) is 4.31 Å². The summed E-state index contributed by atoms with van der Waals surface area (Å²) in [6.07, 6.45) is 0. The van der Waals surface area contributed by atoms with Crippen molar-refractivity contribution in [3.63, 3.8) is 0 Å². The highest BCUT2D eigenvalue weighted by Crippen LogP contribution is 2.27. The first-order valence-electron chi connectivity index (χ1n) is 7.93. The number of benzene rings is 2. The van der Waals surface area contributed by atoms with Crippen LogP contribution in [0.5, 0.6) is 11.5 Å². The number of rotatable bonds is 7. The predicted octanol–water partition coefficient (Wildman–Crippen LogP) is 2.92. The molecule has 9 heteroatoms. The van der Waals surface area contributed by atoms with E-state index in [1.54, 1.807) is 25.1 Å². The Balaban J connectivity index is 2.10. The summed E-state index contributed by atoms with van der Waals surface area (Å²) >= 11 is 6.02. The molecule has 146 valence electrons. The van der Waals surface area contributed by atoms with Crippen molar-refractivity contribution in [2.45, 2.75) is 11.8 Å². The molecular formula is C18H21ClN2O5S. The highest BCUT2D eigenvalue weighted by atomic mass is 35.5. The normalized spacial score (nSPS) is 11.3. The maximum absolute atomic E-state index is 12.7. The molecule has 0 aromatic heterocycles. The maximum atomic E-state index is 12.7. The second kappa shape index (κ2) is 8.60. The molecule has 0 aliphatic heterocycles. The summed E-state index contributed by atoms with van der Waals surface area (Å²) in [6, 6.07) is 9.28. The third-order valence-corrected chi connectivity index (χ3v) is 5.97. The Bertz CT molecular complexity index is 947. The number of carbonyl (C=O) groups is 1. The molecule has 0 spiro atoms. The summed E-state index contributed by atoms with van der Waals surface area (Å²) in [5.74, 6) is 0.572. The number of hydrogen-bond donors (Lipinski definition) is 1. The van der Waals surface area contributed by atoms with Gasteiger partial charge in [0.05, 0.1) is 30.7 Å². The van der Waals surface area contributed by atoms with Crippen LogP contribution in [0.15, 0.2) is 41.3 Å². The first kappa shape index (κ1) is 21.0. The lowest BCUT2D eigenvalue weighted by atomic mass is 10.2. The van der Waals surface area contributed by atoms with Gasteiger partial charge in [0.1, 0.15) is 11.5 Å². The minimum atomic E-state index is -3.82. The van der Waals surface area contributed by atoms with Crippen LogP contribution in [-0.2, 0) is 14.8 Å². The van der Waals surface area contributed by atoms with Gasteiger partial charge in [-0.05, 0) is 48.9 Å². The van der Waals surface area contributed by atoms with E-state index in [1.165, 1.54) is 39.5 Å². The zero-order valence-corrected chi connectivity index (χ0v) is 17.0. The second-order valence-corrected chi connectivity index (χ2v) is 8.24. The lowest BCUT2D eigenvalue weighted by molar-refractivity contribution is -0.116. The standard InChI is InChI=1S/C18H21ClN2O5S/c1-12-9-14(6-8-16(12)25-3)27(23,24)21(2)11-18(22)20-13-5-7-17(26-4)15(19)10-13/h5-10H,11H2,1-4H3,(H,20,22). The molecule has 0 atom stereocenters. The number of ether oxygens (including phenoxy) is 2. The van der Waals surface area contributed by atoms with Gasteiger partial charge in [0, 0.05) is 12.7 Å². The fraction of sp³-hybridized carbons (Fsp3) is 0.278. The Morgan fingerprint density at radius 2 is 1.74 bits per heavy atom. The number of hydrogen-bond acceptors (Lipinski definition) is 5. The number of anilines is 1. The Kier molecular flexibility index (Phi) is 6.69. The van der Waals surface area contributed by atoms with Crippen LogP contribution >= 0.6 is 11.6 Å². The van der Waals surface area contributed by atoms with E-state index in [1.807, 2.05) is 0 Å². The minimum Gasteiger partial charge on any atom is -0.496 e. The first-order chi connectivity index (χ1) is 12.7. The van der Waals surface area contributed by atoms with Crippen LogP contribution in [0.25, 0.3) is 0 Å². The molecular weight excluding hydrogens is 392 g/mol. The van der Waals surface area contributed by atoms with Gasteiger partial charge in [0.2, 0.25) is 15.9 Å². The van der Waals surface area contributed by atoms with Gasteiger partial charge in [0.25, 0.3) is 0 Å². The van der Waals surface area contributed by atoms with Crippen molar-refractivity contribution in [3.05, 3.63) is 47.0 Å². The molecule has 0 bridgehead atoms. The zero-order valence-electron chi connectivity index (χ0n) is 15.4. The quantitative estimate of drug-likeness (QED) is 0.755. The van der Waals surface area contributed by atoms with Gasteiger partial charge in [-0.15, -0.1) is 0 Å². The van der Waals surface area contributed by atoms with Crippen LogP contribution in [-0.4, -0.2) is 46.4 Å². The van der Waals surface area contributed by atoms with E-state index >= 15 is 0 Å². The van der Waals surface area contributed by atoms with Gasteiger partial charge in [-0.25, -0.2) is 8.42 Å². The summed E-state index contributed by atoms with van der Waals surface area (Å²) in [7, 11) is 0.520. The van der Waals surface area contributed by atoms with E-state index < -0.39 is 15.9 Å². The summed E-state index contributed by atoms with van der Waals surface area (Å²) in [6.45, 7) is 1.40. The summed E-state index contributed by atoms with van der Waals surface area (Å²) in [5.41, 5.74) is 1.13. The molecule has 2 aromatic rings. The first-order valence-corrected chi connectivity index (χ1v) is 9.75. The molecule has 0 saturated carbocycles. The summed E-state index contributed by atoms with van der Waals surface area (Å²) in [5, 5.41) is 2.95. The van der Waals surface area contributed by atoms with Crippen molar-refractivity contribution >= 4 is 33.2 Å². The average molecular weight is 413 g/mol. The van der Waals surface area contributed by atoms with E-state index in [9.17, 15) is 13.2 Å². The van der Waals surface area contributed by atoms with Crippen LogP contribution in [0.1, 0.15) is 5.56 Å². The van der Waals surface area contributed by atoms with E-state index in [0.29, 0.717) is 27.8 Å². The lowest BCUT2D eigenvalue weighted by Crippen LogP contribution is -2.35. The molecule has 2 aromatic carbocycles. The van der Waals surface area contributed by atoms with Gasteiger partial charge in [-0.2, -0.15) is 4.31 Å². The van der Waals surface area contributed by atoms with Crippen molar-refractivity contribution in [3.8, 4) is 11.5 Å². The number of methoxy groups -OCH3 is 2. The van der Waals surface area contributed by atoms with Gasteiger partial charge >= 0.3 is 0 Å². The Morgan fingerprint density at radius 1 is 1.11 bits per heavy atom. The van der Waals surface area contributed by atoms with E-state index in [-0.39, 0.29) is 11.4 Å². The van der Waals surface area contributed by atoms with Gasteiger partial charge in [-0.1, -0.05) is 11.6 Å².